The van der Waals surface area contributed by atoms with Crippen molar-refractivity contribution in [3.63, 3.8) is 0 Å². The Kier molecular flexibility index (Phi) is 9.78. The van der Waals surface area contributed by atoms with Crippen LogP contribution in [0.4, 0.5) is 0 Å². The van der Waals surface area contributed by atoms with Gasteiger partial charge < -0.3 is 27.8 Å². The Morgan fingerprint density at radius 1 is 1.07 bits per heavy atom. The molecule has 0 bridgehead atoms. The number of fused-ring (bicyclic) bond motifs is 2. The van der Waals surface area contributed by atoms with Crippen LogP contribution in [0.1, 0.15) is 78.2 Å². The van der Waals surface area contributed by atoms with Gasteiger partial charge in [0.1, 0.15) is 11.9 Å². The monoisotopic (exact) mass is 541 g/mol. The second kappa shape index (κ2) is 12.8. The molecule has 0 heterocycles. The first-order valence-corrected chi connectivity index (χ1v) is 13.9. The van der Waals surface area contributed by atoms with Crippen LogP contribution in [0, 0.1) is 22.7 Å². The minimum atomic E-state index is -0.946. The highest BCUT2D eigenvalue weighted by molar-refractivity contribution is 5.96. The van der Waals surface area contributed by atoms with E-state index in [1.165, 1.54) is 0 Å². The summed E-state index contributed by atoms with van der Waals surface area (Å²) in [4.78, 5) is 12.0. The van der Waals surface area contributed by atoms with Crippen LogP contribution < -0.4 is 27.8 Å². The molecule has 0 spiro atoms. The van der Waals surface area contributed by atoms with Crippen LogP contribution in [-0.4, -0.2) is 30.4 Å². The molecule has 1 aliphatic carbocycles. The lowest BCUT2D eigenvalue weighted by atomic mass is 9.67. The van der Waals surface area contributed by atoms with Crippen molar-refractivity contribution < 1.29 is 4.79 Å². The molecule has 1 aliphatic rings. The first-order chi connectivity index (χ1) is 18.9. The number of primary amides is 1. The lowest BCUT2D eigenvalue weighted by Crippen LogP contribution is -2.48. The molecular weight excluding hydrogens is 498 g/mol. The van der Waals surface area contributed by atoms with E-state index in [1.807, 2.05) is 30.3 Å². The SMILES string of the molecule is C=C(CN[C@@H](C)CC1(C(=N)N)c2ccc(C(=C)N)cc2CCc2cc(C(N)=O)ccc21)NC(C#N)C[C@@H](C)CC. The fourth-order valence-corrected chi connectivity index (χ4v) is 5.66. The Labute approximate surface area is 238 Å². The highest BCUT2D eigenvalue weighted by Gasteiger charge is 2.43. The number of rotatable bonds is 13. The third kappa shape index (κ3) is 6.54. The molecule has 9 N–H and O–H groups in total. The van der Waals surface area contributed by atoms with E-state index in [0.29, 0.717) is 43.0 Å². The zero-order valence-electron chi connectivity index (χ0n) is 23.9. The molecular formula is C32H43N7O. The molecule has 8 heteroatoms. The summed E-state index contributed by atoms with van der Waals surface area (Å²) in [6, 6.07) is 13.3. The van der Waals surface area contributed by atoms with Gasteiger partial charge in [0.05, 0.1) is 11.5 Å². The number of benzene rings is 2. The smallest absolute Gasteiger partial charge is 0.248 e. The quantitative estimate of drug-likeness (QED) is 0.166. The molecule has 0 saturated heterocycles. The fourth-order valence-electron chi connectivity index (χ4n) is 5.66. The third-order valence-corrected chi connectivity index (χ3v) is 8.05. The number of amides is 1. The molecule has 212 valence electrons. The largest absolute Gasteiger partial charge is 0.399 e. The number of hydrogen-bond acceptors (Lipinski definition) is 6. The van der Waals surface area contributed by atoms with Gasteiger partial charge in [0.25, 0.3) is 0 Å². The van der Waals surface area contributed by atoms with Crippen molar-refractivity contribution >= 4 is 17.4 Å². The minimum absolute atomic E-state index is 0.0201. The van der Waals surface area contributed by atoms with Crippen LogP contribution in [0.15, 0.2) is 55.3 Å². The number of nitriles is 1. The standard InChI is InChI=1S/C32H43N7O/c1-6-19(2)13-27(17-33)39-21(4)18-38-20(3)16-32(31(36)37)28-11-9-23(22(5)34)14-24(28)7-8-25-15-26(30(35)40)10-12-29(25)32/h9-12,14-15,19-20,27,38-39H,4-8,13,16,18,34H2,1-3H3,(H2,35,40)(H3,36,37)/t19-,20-,27?,32?/m0/s1. The number of nitrogens with zero attached hydrogens (tertiary/aromatic N) is 1. The zero-order chi connectivity index (χ0) is 29.6. The molecule has 0 aromatic heterocycles. The number of aryl methyl sites for hydroxylation is 2. The predicted octanol–water partition coefficient (Wildman–Crippen LogP) is 3.84. The Bertz CT molecular complexity index is 1270. The molecule has 2 aromatic rings. The molecule has 40 heavy (non-hydrogen) atoms. The molecule has 1 amide bonds. The van der Waals surface area contributed by atoms with E-state index < -0.39 is 11.3 Å². The second-order valence-corrected chi connectivity index (χ2v) is 11.1. The Morgan fingerprint density at radius 3 is 2.15 bits per heavy atom. The summed E-state index contributed by atoms with van der Waals surface area (Å²) >= 11 is 0. The van der Waals surface area contributed by atoms with E-state index in [4.69, 9.17) is 22.6 Å². The molecule has 8 nitrogen and oxygen atoms in total. The van der Waals surface area contributed by atoms with E-state index in [1.54, 1.807) is 6.07 Å². The zero-order valence-corrected chi connectivity index (χ0v) is 23.9. The van der Waals surface area contributed by atoms with Gasteiger partial charge in [0, 0.05) is 29.5 Å². The maximum absolute atomic E-state index is 12.0. The second-order valence-electron chi connectivity index (χ2n) is 11.1. The van der Waals surface area contributed by atoms with Gasteiger partial charge in [-0.05, 0) is 84.5 Å². The summed E-state index contributed by atoms with van der Waals surface area (Å²) in [5.41, 5.74) is 23.5. The topological polar surface area (TPSA) is 167 Å². The van der Waals surface area contributed by atoms with E-state index in [-0.39, 0.29) is 17.9 Å². The van der Waals surface area contributed by atoms with Crippen molar-refractivity contribution in [1.29, 1.82) is 10.7 Å². The molecule has 3 rings (SSSR count). The Balaban J connectivity index is 1.97. The molecule has 0 aliphatic heterocycles. The molecule has 0 radical (unpaired) electrons. The number of carbonyl (C=O) groups excluding carboxylic acids is 1. The van der Waals surface area contributed by atoms with Crippen molar-refractivity contribution in [3.05, 3.63) is 88.6 Å². The van der Waals surface area contributed by atoms with Crippen molar-refractivity contribution in [1.82, 2.24) is 10.6 Å². The predicted molar refractivity (Wildman–Crippen MR) is 163 cm³/mol. The summed E-state index contributed by atoms with van der Waals surface area (Å²) in [7, 11) is 0. The van der Waals surface area contributed by atoms with Crippen LogP contribution in [0.5, 0.6) is 0 Å². The van der Waals surface area contributed by atoms with Crippen LogP contribution in [0.25, 0.3) is 5.70 Å². The highest BCUT2D eigenvalue weighted by Crippen LogP contribution is 2.44. The molecule has 2 aromatic carbocycles. The van der Waals surface area contributed by atoms with Crippen molar-refractivity contribution in [2.75, 3.05) is 6.54 Å². The lowest BCUT2D eigenvalue weighted by Gasteiger charge is -2.38. The highest BCUT2D eigenvalue weighted by atomic mass is 16.1. The van der Waals surface area contributed by atoms with Gasteiger partial charge in [-0.15, -0.1) is 0 Å². The van der Waals surface area contributed by atoms with Gasteiger partial charge in [0.2, 0.25) is 5.91 Å². The summed E-state index contributed by atoms with van der Waals surface area (Å²) in [5.74, 6) is -0.0360. The number of amidine groups is 1. The normalized spacial score (nSPS) is 18.1. The summed E-state index contributed by atoms with van der Waals surface area (Å²) in [6.07, 6.45) is 3.61. The Morgan fingerprint density at radius 2 is 1.65 bits per heavy atom. The van der Waals surface area contributed by atoms with Gasteiger partial charge in [-0.3, -0.25) is 10.2 Å². The summed E-state index contributed by atoms with van der Waals surface area (Å²) in [5, 5.41) is 25.3. The molecule has 4 atom stereocenters. The number of hydrogen-bond donors (Lipinski definition) is 6. The van der Waals surface area contributed by atoms with Gasteiger partial charge in [-0.1, -0.05) is 51.6 Å². The van der Waals surface area contributed by atoms with E-state index in [9.17, 15) is 10.1 Å². The summed E-state index contributed by atoms with van der Waals surface area (Å²) < 4.78 is 0. The van der Waals surface area contributed by atoms with Crippen molar-refractivity contribution in [2.24, 2.45) is 23.1 Å². The summed E-state index contributed by atoms with van der Waals surface area (Å²) in [6.45, 7) is 14.8. The maximum atomic E-state index is 12.0. The first kappa shape index (κ1) is 30.5. The number of carbonyl (C=O) groups is 1. The number of nitrogens with two attached hydrogens (primary N) is 3. The third-order valence-electron chi connectivity index (χ3n) is 8.05. The van der Waals surface area contributed by atoms with Gasteiger partial charge >= 0.3 is 0 Å². The molecule has 2 unspecified atom stereocenters. The van der Waals surface area contributed by atoms with Crippen LogP contribution in [-0.2, 0) is 18.3 Å². The first-order valence-electron chi connectivity index (χ1n) is 13.9. The van der Waals surface area contributed by atoms with Gasteiger partial charge in [0.15, 0.2) is 0 Å². The Hall–Kier alpha value is -4.09. The molecule has 0 saturated carbocycles. The average Bonchev–Trinajstić information content (AvgIpc) is 3.05. The average molecular weight is 542 g/mol. The van der Waals surface area contributed by atoms with Crippen molar-refractivity contribution in [2.45, 2.75) is 70.4 Å². The lowest BCUT2D eigenvalue weighted by molar-refractivity contribution is 0.1000. The van der Waals surface area contributed by atoms with Gasteiger partial charge in [-0.25, -0.2) is 0 Å². The van der Waals surface area contributed by atoms with E-state index in [2.05, 4.69) is 50.6 Å². The van der Waals surface area contributed by atoms with Gasteiger partial charge in [-0.2, -0.15) is 5.26 Å². The maximum Gasteiger partial charge on any atom is 0.248 e. The fraction of sp³-hybridized carbons (Fsp3) is 0.406. The van der Waals surface area contributed by atoms with Crippen LogP contribution in [0.3, 0.4) is 0 Å². The van der Waals surface area contributed by atoms with Crippen molar-refractivity contribution in [3.8, 4) is 6.07 Å². The minimum Gasteiger partial charge on any atom is -0.399 e. The van der Waals surface area contributed by atoms with E-state index in [0.717, 1.165) is 46.4 Å². The number of nitrogens with one attached hydrogen (secondary N) is 3. The molecule has 0 fully saturated rings. The van der Waals surface area contributed by atoms with Crippen LogP contribution in [0.2, 0.25) is 0 Å². The van der Waals surface area contributed by atoms with Crippen LogP contribution >= 0.6 is 0 Å². The van der Waals surface area contributed by atoms with E-state index >= 15 is 0 Å².